The van der Waals surface area contributed by atoms with Crippen molar-refractivity contribution >= 4 is 10.0 Å². The van der Waals surface area contributed by atoms with Crippen molar-refractivity contribution in [2.45, 2.75) is 50.0 Å². The second-order valence-electron chi connectivity index (χ2n) is 5.82. The Morgan fingerprint density at radius 3 is 2.32 bits per heavy atom. The largest absolute Gasteiger partial charge is 0.493 e. The topological polar surface area (TPSA) is 64.6 Å². The van der Waals surface area contributed by atoms with E-state index in [1.54, 1.807) is 6.07 Å². The third kappa shape index (κ3) is 3.93. The van der Waals surface area contributed by atoms with Gasteiger partial charge in [-0.3, -0.25) is 0 Å². The molecule has 1 unspecified atom stereocenters. The van der Waals surface area contributed by atoms with Crippen molar-refractivity contribution < 1.29 is 17.9 Å². The Kier molecular flexibility index (Phi) is 5.69. The Morgan fingerprint density at radius 2 is 1.73 bits per heavy atom. The molecule has 0 radical (unpaired) electrons. The summed E-state index contributed by atoms with van der Waals surface area (Å²) in [6.45, 7) is 1.95. The van der Waals surface area contributed by atoms with Crippen molar-refractivity contribution in [2.75, 3.05) is 14.2 Å². The van der Waals surface area contributed by atoms with E-state index in [-0.39, 0.29) is 10.9 Å². The van der Waals surface area contributed by atoms with E-state index < -0.39 is 10.0 Å². The number of ether oxygens (including phenoxy) is 2. The van der Waals surface area contributed by atoms with Gasteiger partial charge in [0.2, 0.25) is 10.0 Å². The Balaban J connectivity index is 2.15. The minimum absolute atomic E-state index is 0.0570. The standard InChI is InChI=1S/C16H25NO4S/c1-12(13-7-5-4-6-8-13)17-22(18,19)14-9-10-15(20-2)16(11-14)21-3/h9-13,17H,4-8H2,1-3H3. The number of nitrogens with one attached hydrogen (secondary N) is 1. The average molecular weight is 327 g/mol. The number of methoxy groups -OCH3 is 2. The Labute approximate surface area is 133 Å². The number of hydrogen-bond donors (Lipinski definition) is 1. The predicted octanol–water partition coefficient (Wildman–Crippen LogP) is 2.95. The molecule has 0 heterocycles. The van der Waals surface area contributed by atoms with Gasteiger partial charge < -0.3 is 9.47 Å². The summed E-state index contributed by atoms with van der Waals surface area (Å²) in [5.74, 6) is 1.35. The predicted molar refractivity (Wildman–Crippen MR) is 85.9 cm³/mol. The third-order valence-electron chi connectivity index (χ3n) is 4.36. The summed E-state index contributed by atoms with van der Waals surface area (Å²) in [7, 11) is -0.536. The molecule has 0 aliphatic heterocycles. The lowest BCUT2D eigenvalue weighted by molar-refractivity contribution is 0.303. The van der Waals surface area contributed by atoms with Crippen LogP contribution in [-0.2, 0) is 10.0 Å². The van der Waals surface area contributed by atoms with Crippen LogP contribution in [0.3, 0.4) is 0 Å². The first kappa shape index (κ1) is 17.1. The summed E-state index contributed by atoms with van der Waals surface area (Å²) < 4.78 is 38.2. The summed E-state index contributed by atoms with van der Waals surface area (Å²) in [5.41, 5.74) is 0. The van der Waals surface area contributed by atoms with Crippen LogP contribution in [0.5, 0.6) is 11.5 Å². The van der Waals surface area contributed by atoms with Crippen LogP contribution in [0.1, 0.15) is 39.0 Å². The van der Waals surface area contributed by atoms with Crippen LogP contribution in [0.25, 0.3) is 0 Å². The quantitative estimate of drug-likeness (QED) is 0.872. The maximum Gasteiger partial charge on any atom is 0.240 e. The fourth-order valence-electron chi connectivity index (χ4n) is 3.03. The highest BCUT2D eigenvalue weighted by Crippen LogP contribution is 2.30. The van der Waals surface area contributed by atoms with Gasteiger partial charge in [-0.15, -0.1) is 0 Å². The molecule has 0 aromatic heterocycles. The van der Waals surface area contributed by atoms with Crippen LogP contribution in [0.2, 0.25) is 0 Å². The summed E-state index contributed by atoms with van der Waals surface area (Å²) in [6.07, 6.45) is 5.82. The number of rotatable bonds is 6. The Bertz CT molecular complexity index is 594. The molecular formula is C16H25NO4S. The normalized spacial score (nSPS) is 18.0. The van der Waals surface area contributed by atoms with Gasteiger partial charge in [-0.1, -0.05) is 19.3 Å². The summed E-state index contributed by atoms with van der Waals surface area (Å²) in [4.78, 5) is 0.202. The monoisotopic (exact) mass is 327 g/mol. The van der Waals surface area contributed by atoms with Gasteiger partial charge in [-0.25, -0.2) is 13.1 Å². The van der Waals surface area contributed by atoms with Gasteiger partial charge in [-0.2, -0.15) is 0 Å². The Morgan fingerprint density at radius 1 is 1.09 bits per heavy atom. The van der Waals surface area contributed by atoms with Crippen molar-refractivity contribution in [3.8, 4) is 11.5 Å². The van der Waals surface area contributed by atoms with E-state index in [0.717, 1.165) is 12.8 Å². The fourth-order valence-corrected chi connectivity index (χ4v) is 4.35. The van der Waals surface area contributed by atoms with Gasteiger partial charge in [0.25, 0.3) is 0 Å². The van der Waals surface area contributed by atoms with Crippen LogP contribution >= 0.6 is 0 Å². The zero-order valence-electron chi connectivity index (χ0n) is 13.5. The lowest BCUT2D eigenvalue weighted by atomic mass is 9.85. The number of sulfonamides is 1. The van der Waals surface area contributed by atoms with Crippen molar-refractivity contribution in [1.82, 2.24) is 4.72 Å². The highest BCUT2D eigenvalue weighted by Gasteiger charge is 2.25. The SMILES string of the molecule is COc1ccc(S(=O)(=O)NC(C)C2CCCCC2)cc1OC. The second kappa shape index (κ2) is 7.33. The van der Waals surface area contributed by atoms with Crippen LogP contribution < -0.4 is 14.2 Å². The summed E-state index contributed by atoms with van der Waals surface area (Å²) in [6, 6.07) is 4.59. The third-order valence-corrected chi connectivity index (χ3v) is 5.92. The Hall–Kier alpha value is -1.27. The highest BCUT2D eigenvalue weighted by molar-refractivity contribution is 7.89. The summed E-state index contributed by atoms with van der Waals surface area (Å²) in [5, 5.41) is 0. The van der Waals surface area contributed by atoms with E-state index in [9.17, 15) is 8.42 Å². The highest BCUT2D eigenvalue weighted by atomic mass is 32.2. The first-order valence-electron chi connectivity index (χ1n) is 7.72. The first-order valence-corrected chi connectivity index (χ1v) is 9.20. The van der Waals surface area contributed by atoms with E-state index in [4.69, 9.17) is 9.47 Å². The zero-order chi connectivity index (χ0) is 16.2. The zero-order valence-corrected chi connectivity index (χ0v) is 14.3. The number of benzene rings is 1. The molecule has 0 amide bonds. The van der Waals surface area contributed by atoms with E-state index in [2.05, 4.69) is 4.72 Å². The van der Waals surface area contributed by atoms with Gasteiger partial charge in [0.05, 0.1) is 19.1 Å². The minimum Gasteiger partial charge on any atom is -0.493 e. The molecule has 5 nitrogen and oxygen atoms in total. The molecule has 2 rings (SSSR count). The maximum atomic E-state index is 12.5. The van der Waals surface area contributed by atoms with Gasteiger partial charge >= 0.3 is 0 Å². The van der Waals surface area contributed by atoms with E-state index in [1.165, 1.54) is 45.6 Å². The molecule has 1 aliphatic carbocycles. The van der Waals surface area contributed by atoms with Gasteiger partial charge in [0, 0.05) is 12.1 Å². The molecule has 0 saturated heterocycles. The van der Waals surface area contributed by atoms with E-state index in [1.807, 2.05) is 6.92 Å². The second-order valence-corrected chi connectivity index (χ2v) is 7.54. The molecule has 1 aromatic carbocycles. The van der Waals surface area contributed by atoms with Gasteiger partial charge in [-0.05, 0) is 37.8 Å². The molecule has 1 N–H and O–H groups in total. The fraction of sp³-hybridized carbons (Fsp3) is 0.625. The average Bonchev–Trinajstić information content (AvgIpc) is 2.54. The molecule has 6 heteroatoms. The molecule has 1 aromatic rings. The molecule has 1 atom stereocenters. The molecule has 0 spiro atoms. The van der Waals surface area contributed by atoms with Crippen molar-refractivity contribution in [2.24, 2.45) is 5.92 Å². The lowest BCUT2D eigenvalue weighted by Crippen LogP contribution is -2.38. The van der Waals surface area contributed by atoms with E-state index in [0.29, 0.717) is 17.4 Å². The van der Waals surface area contributed by atoms with Gasteiger partial charge in [0.15, 0.2) is 11.5 Å². The van der Waals surface area contributed by atoms with Crippen molar-refractivity contribution in [1.29, 1.82) is 0 Å². The molecule has 1 aliphatic rings. The van der Waals surface area contributed by atoms with Crippen molar-refractivity contribution in [3.05, 3.63) is 18.2 Å². The molecule has 0 bridgehead atoms. The van der Waals surface area contributed by atoms with Crippen LogP contribution in [-0.4, -0.2) is 28.7 Å². The van der Waals surface area contributed by atoms with E-state index >= 15 is 0 Å². The number of hydrogen-bond acceptors (Lipinski definition) is 4. The molecule has 1 fully saturated rings. The smallest absolute Gasteiger partial charge is 0.240 e. The van der Waals surface area contributed by atoms with Crippen molar-refractivity contribution in [3.63, 3.8) is 0 Å². The minimum atomic E-state index is -3.55. The molecular weight excluding hydrogens is 302 g/mol. The molecule has 124 valence electrons. The summed E-state index contributed by atoms with van der Waals surface area (Å²) >= 11 is 0. The van der Waals surface area contributed by atoms with Gasteiger partial charge in [0.1, 0.15) is 0 Å². The van der Waals surface area contributed by atoms with Crippen LogP contribution in [0.15, 0.2) is 23.1 Å². The lowest BCUT2D eigenvalue weighted by Gasteiger charge is -2.28. The maximum absolute atomic E-state index is 12.5. The molecule has 1 saturated carbocycles. The van der Waals surface area contributed by atoms with Crippen LogP contribution in [0, 0.1) is 5.92 Å². The first-order chi connectivity index (χ1) is 10.5. The molecule has 22 heavy (non-hydrogen) atoms. The van der Waals surface area contributed by atoms with Crippen LogP contribution in [0.4, 0.5) is 0 Å².